The van der Waals surface area contributed by atoms with Gasteiger partial charge in [-0.1, -0.05) is 62.1 Å². The molecule has 0 aliphatic heterocycles. The van der Waals surface area contributed by atoms with Gasteiger partial charge in [0.25, 0.3) is 0 Å². The fourth-order valence-electron chi connectivity index (χ4n) is 4.74. The Morgan fingerprint density at radius 3 is 2.26 bits per heavy atom. The monoisotopic (exact) mass is 602 g/mol. The van der Waals surface area contributed by atoms with Crippen LogP contribution in [-0.4, -0.2) is 64.6 Å². The molecule has 1 aromatic carbocycles. The standard InChI is InChI=1S/C31H43ClN4O6/c1-6-8-17-41-29-33-27(32)25(21-37)28(34-29)35(20-26(38)40-7-2)18-22-13-15-23(16-14-22)19-36(24-11-9-10-12-24)30(39)42-31(3,4)5/h13-16,21,24H,6-12,17-20H2,1-5H3. The Balaban J connectivity index is 1.85. The Hall–Kier alpha value is -3.40. The average Bonchev–Trinajstić information content (AvgIpc) is 3.46. The lowest BCUT2D eigenvalue weighted by Gasteiger charge is -2.31. The van der Waals surface area contributed by atoms with Crippen LogP contribution in [0, 0.1) is 0 Å². The number of aldehydes is 1. The van der Waals surface area contributed by atoms with Gasteiger partial charge in [0.15, 0.2) is 6.29 Å². The first kappa shape index (κ1) is 33.1. The predicted octanol–water partition coefficient (Wildman–Crippen LogP) is 6.37. The average molecular weight is 603 g/mol. The second-order valence-corrected chi connectivity index (χ2v) is 11.7. The van der Waals surface area contributed by atoms with Gasteiger partial charge in [-0.2, -0.15) is 9.97 Å². The lowest BCUT2D eigenvalue weighted by Crippen LogP contribution is -2.41. The number of unbranched alkanes of at least 4 members (excludes halogenated alkanes) is 1. The molecule has 1 fully saturated rings. The molecule has 2 aromatic rings. The molecular formula is C31H43ClN4O6. The molecule has 1 aromatic heterocycles. The second kappa shape index (κ2) is 15.7. The maximum Gasteiger partial charge on any atom is 0.410 e. The first-order chi connectivity index (χ1) is 20.0. The van der Waals surface area contributed by atoms with Crippen LogP contribution in [0.25, 0.3) is 0 Å². The van der Waals surface area contributed by atoms with Crippen LogP contribution < -0.4 is 9.64 Å². The molecule has 0 unspecified atom stereocenters. The summed E-state index contributed by atoms with van der Waals surface area (Å²) in [6.45, 7) is 10.5. The Bertz CT molecular complexity index is 1200. The van der Waals surface area contributed by atoms with E-state index in [-0.39, 0.29) is 54.4 Å². The number of esters is 1. The van der Waals surface area contributed by atoms with E-state index in [1.165, 1.54) is 0 Å². The molecule has 1 amide bonds. The first-order valence-electron chi connectivity index (χ1n) is 14.7. The van der Waals surface area contributed by atoms with E-state index in [0.29, 0.717) is 19.4 Å². The van der Waals surface area contributed by atoms with Gasteiger partial charge in [0.05, 0.1) is 18.8 Å². The third-order valence-corrected chi connectivity index (χ3v) is 7.06. The molecule has 3 rings (SSSR count). The molecule has 0 spiro atoms. The highest BCUT2D eigenvalue weighted by Gasteiger charge is 2.30. The molecule has 0 atom stereocenters. The van der Waals surface area contributed by atoms with Gasteiger partial charge in [-0.05, 0) is 58.1 Å². The zero-order valence-electron chi connectivity index (χ0n) is 25.4. The smallest absolute Gasteiger partial charge is 0.410 e. The van der Waals surface area contributed by atoms with E-state index < -0.39 is 11.6 Å². The normalized spacial score (nSPS) is 13.5. The van der Waals surface area contributed by atoms with Gasteiger partial charge in [0, 0.05) is 19.1 Å². The minimum atomic E-state index is -0.578. The van der Waals surface area contributed by atoms with E-state index in [2.05, 4.69) is 9.97 Å². The number of halogens is 1. The van der Waals surface area contributed by atoms with Gasteiger partial charge in [-0.25, -0.2) is 4.79 Å². The molecule has 1 saturated carbocycles. The molecule has 0 bridgehead atoms. The zero-order chi connectivity index (χ0) is 30.7. The first-order valence-corrected chi connectivity index (χ1v) is 15.1. The van der Waals surface area contributed by atoms with Crippen molar-refractivity contribution in [3.63, 3.8) is 0 Å². The SMILES string of the molecule is CCCCOc1nc(Cl)c(C=O)c(N(CC(=O)OCC)Cc2ccc(CN(C(=O)OC(C)(C)C)C3CCCC3)cc2)n1. The number of hydrogen-bond donors (Lipinski definition) is 0. The lowest BCUT2D eigenvalue weighted by molar-refractivity contribution is -0.141. The molecule has 0 radical (unpaired) electrons. The largest absolute Gasteiger partial charge is 0.465 e. The molecule has 230 valence electrons. The summed E-state index contributed by atoms with van der Waals surface area (Å²) in [5, 5.41) is -0.0557. The summed E-state index contributed by atoms with van der Waals surface area (Å²) in [7, 11) is 0. The number of amides is 1. The van der Waals surface area contributed by atoms with E-state index in [1.807, 2.05) is 56.9 Å². The molecular weight excluding hydrogens is 560 g/mol. The highest BCUT2D eigenvalue weighted by molar-refractivity contribution is 6.32. The van der Waals surface area contributed by atoms with Crippen LogP contribution in [0.3, 0.4) is 0 Å². The van der Waals surface area contributed by atoms with Crippen molar-refractivity contribution in [2.24, 2.45) is 0 Å². The molecule has 11 heteroatoms. The van der Waals surface area contributed by atoms with Crippen LogP contribution in [-0.2, 0) is 27.4 Å². The van der Waals surface area contributed by atoms with Crippen molar-refractivity contribution < 1.29 is 28.6 Å². The number of carbonyl (C=O) groups excluding carboxylic acids is 3. The van der Waals surface area contributed by atoms with Crippen LogP contribution in [0.15, 0.2) is 24.3 Å². The number of carbonyl (C=O) groups is 3. The molecule has 42 heavy (non-hydrogen) atoms. The lowest BCUT2D eigenvalue weighted by atomic mass is 10.1. The van der Waals surface area contributed by atoms with Crippen molar-refractivity contribution >= 4 is 35.8 Å². The van der Waals surface area contributed by atoms with Gasteiger partial charge in [-0.3, -0.25) is 9.59 Å². The minimum absolute atomic E-state index is 0.0346. The second-order valence-electron chi connectivity index (χ2n) is 11.4. The van der Waals surface area contributed by atoms with Gasteiger partial charge in [-0.15, -0.1) is 0 Å². The van der Waals surface area contributed by atoms with Gasteiger partial charge in [0.2, 0.25) is 0 Å². The molecule has 1 aliphatic rings. The van der Waals surface area contributed by atoms with Crippen molar-refractivity contribution in [2.75, 3.05) is 24.7 Å². The number of rotatable bonds is 14. The van der Waals surface area contributed by atoms with Crippen LogP contribution >= 0.6 is 11.6 Å². The summed E-state index contributed by atoms with van der Waals surface area (Å²) in [6, 6.07) is 7.95. The van der Waals surface area contributed by atoms with Gasteiger partial charge < -0.3 is 24.0 Å². The van der Waals surface area contributed by atoms with E-state index in [0.717, 1.165) is 49.7 Å². The van der Waals surface area contributed by atoms with Crippen LogP contribution in [0.4, 0.5) is 10.6 Å². The summed E-state index contributed by atoms with van der Waals surface area (Å²) in [6.07, 6.45) is 6.11. The van der Waals surface area contributed by atoms with Crippen LogP contribution in [0.2, 0.25) is 5.15 Å². The third kappa shape index (κ3) is 9.86. The minimum Gasteiger partial charge on any atom is -0.465 e. The molecule has 0 saturated heterocycles. The zero-order valence-corrected chi connectivity index (χ0v) is 26.1. The molecule has 0 N–H and O–H groups in total. The number of hydrogen-bond acceptors (Lipinski definition) is 9. The maximum absolute atomic E-state index is 13.1. The fraction of sp³-hybridized carbons (Fsp3) is 0.581. The van der Waals surface area contributed by atoms with Crippen molar-refractivity contribution in [2.45, 2.75) is 97.9 Å². The molecule has 10 nitrogen and oxygen atoms in total. The Labute approximate surface area is 253 Å². The van der Waals surface area contributed by atoms with Crippen molar-refractivity contribution in [3.8, 4) is 6.01 Å². The third-order valence-electron chi connectivity index (χ3n) is 6.77. The summed E-state index contributed by atoms with van der Waals surface area (Å²) in [4.78, 5) is 49.6. The number of ether oxygens (including phenoxy) is 3. The highest BCUT2D eigenvalue weighted by Crippen LogP contribution is 2.29. The molecule has 1 heterocycles. The van der Waals surface area contributed by atoms with E-state index in [4.69, 9.17) is 25.8 Å². The Kier molecular flexibility index (Phi) is 12.4. The van der Waals surface area contributed by atoms with Crippen LogP contribution in [0.1, 0.15) is 94.6 Å². The summed E-state index contributed by atoms with van der Waals surface area (Å²) >= 11 is 6.33. The molecule has 1 aliphatic carbocycles. The van der Waals surface area contributed by atoms with Gasteiger partial charge >= 0.3 is 18.1 Å². The van der Waals surface area contributed by atoms with E-state index >= 15 is 0 Å². The number of benzene rings is 1. The topological polar surface area (TPSA) is 111 Å². The summed E-state index contributed by atoms with van der Waals surface area (Å²) in [5.41, 5.74) is 1.29. The summed E-state index contributed by atoms with van der Waals surface area (Å²) < 4.78 is 16.6. The van der Waals surface area contributed by atoms with E-state index in [1.54, 1.807) is 11.8 Å². The number of aromatic nitrogens is 2. The highest BCUT2D eigenvalue weighted by atomic mass is 35.5. The maximum atomic E-state index is 13.1. The van der Waals surface area contributed by atoms with Crippen molar-refractivity contribution in [1.82, 2.24) is 14.9 Å². The Morgan fingerprint density at radius 1 is 1.05 bits per heavy atom. The predicted molar refractivity (Wildman–Crippen MR) is 161 cm³/mol. The summed E-state index contributed by atoms with van der Waals surface area (Å²) in [5.74, 6) is -0.287. The fourth-order valence-corrected chi connectivity index (χ4v) is 4.94. The van der Waals surface area contributed by atoms with Gasteiger partial charge in [0.1, 0.15) is 23.1 Å². The Morgan fingerprint density at radius 2 is 1.69 bits per heavy atom. The van der Waals surface area contributed by atoms with E-state index in [9.17, 15) is 14.4 Å². The number of anilines is 1. The quantitative estimate of drug-likeness (QED) is 0.105. The van der Waals surface area contributed by atoms with Crippen molar-refractivity contribution in [1.29, 1.82) is 0 Å². The number of nitrogens with zero attached hydrogens (tertiary/aromatic N) is 4. The van der Waals surface area contributed by atoms with Crippen LogP contribution in [0.5, 0.6) is 6.01 Å². The van der Waals surface area contributed by atoms with Crippen molar-refractivity contribution in [3.05, 3.63) is 46.1 Å².